The van der Waals surface area contributed by atoms with Crippen LogP contribution in [-0.4, -0.2) is 40.4 Å². The van der Waals surface area contributed by atoms with Gasteiger partial charge in [-0.2, -0.15) is 0 Å². The number of aromatic carboxylic acids is 1. The molecule has 19 heavy (non-hydrogen) atoms. The standard InChI is InChI=1S/C13H20N2O3S/c1-8-9(10(16)17)14-11(19-8)15-6-12(2,3)18-13(4,5)7-15/h6-7H2,1-5H3,(H,16,17). The van der Waals surface area contributed by atoms with E-state index in [1.807, 2.05) is 27.7 Å². The summed E-state index contributed by atoms with van der Waals surface area (Å²) < 4.78 is 6.02. The molecule has 0 atom stereocenters. The van der Waals surface area contributed by atoms with Crippen molar-refractivity contribution in [3.05, 3.63) is 10.6 Å². The molecule has 1 fully saturated rings. The zero-order valence-electron chi connectivity index (χ0n) is 12.0. The van der Waals surface area contributed by atoms with Gasteiger partial charge in [0.25, 0.3) is 0 Å². The number of carbonyl (C=O) groups is 1. The fourth-order valence-electron chi connectivity index (χ4n) is 2.64. The second-order valence-electron chi connectivity index (χ2n) is 6.18. The Hall–Kier alpha value is -1.14. The van der Waals surface area contributed by atoms with Gasteiger partial charge in [-0.3, -0.25) is 0 Å². The first kappa shape index (κ1) is 14.3. The summed E-state index contributed by atoms with van der Waals surface area (Å²) in [6.45, 7) is 11.4. The highest BCUT2D eigenvalue weighted by molar-refractivity contribution is 7.15. The molecule has 1 aliphatic rings. The Bertz CT molecular complexity index is 492. The maximum atomic E-state index is 11.1. The van der Waals surface area contributed by atoms with E-state index in [2.05, 4.69) is 9.88 Å². The van der Waals surface area contributed by atoms with Gasteiger partial charge in [-0.1, -0.05) is 0 Å². The number of aryl methyl sites for hydroxylation is 1. The van der Waals surface area contributed by atoms with E-state index < -0.39 is 5.97 Å². The van der Waals surface area contributed by atoms with Crippen molar-refractivity contribution in [1.82, 2.24) is 4.98 Å². The van der Waals surface area contributed by atoms with Crippen LogP contribution in [0, 0.1) is 6.92 Å². The lowest BCUT2D eigenvalue weighted by Gasteiger charge is -2.47. The number of thiazole rings is 1. The Morgan fingerprint density at radius 1 is 1.32 bits per heavy atom. The van der Waals surface area contributed by atoms with Crippen molar-refractivity contribution in [3.8, 4) is 0 Å². The summed E-state index contributed by atoms with van der Waals surface area (Å²) in [5.41, 5.74) is -0.391. The molecule has 0 bridgehead atoms. The molecule has 5 nitrogen and oxygen atoms in total. The number of nitrogens with zero attached hydrogens (tertiary/aromatic N) is 2. The van der Waals surface area contributed by atoms with Crippen LogP contribution in [-0.2, 0) is 4.74 Å². The number of ether oxygens (including phenoxy) is 1. The minimum absolute atomic E-state index is 0.155. The Labute approximate surface area is 117 Å². The number of rotatable bonds is 2. The maximum absolute atomic E-state index is 11.1. The summed E-state index contributed by atoms with van der Waals surface area (Å²) in [5.74, 6) is -0.966. The first-order valence-corrected chi connectivity index (χ1v) is 7.07. The number of hydrogen-bond acceptors (Lipinski definition) is 5. The van der Waals surface area contributed by atoms with Crippen LogP contribution in [0.15, 0.2) is 0 Å². The minimum Gasteiger partial charge on any atom is -0.476 e. The number of morpholine rings is 1. The van der Waals surface area contributed by atoms with Crippen molar-refractivity contribution in [2.45, 2.75) is 45.8 Å². The van der Waals surface area contributed by atoms with Gasteiger partial charge in [0.2, 0.25) is 0 Å². The number of anilines is 1. The molecule has 0 amide bonds. The Kier molecular flexibility index (Phi) is 3.35. The summed E-state index contributed by atoms with van der Waals surface area (Å²) in [5, 5.41) is 9.85. The molecule has 0 aromatic carbocycles. The van der Waals surface area contributed by atoms with Gasteiger partial charge in [-0.15, -0.1) is 11.3 Å². The highest BCUT2D eigenvalue weighted by Crippen LogP contribution is 2.34. The van der Waals surface area contributed by atoms with Crippen molar-refractivity contribution in [2.24, 2.45) is 0 Å². The molecule has 0 spiro atoms. The first-order chi connectivity index (χ1) is 8.60. The van der Waals surface area contributed by atoms with Crippen LogP contribution in [0.3, 0.4) is 0 Å². The fraction of sp³-hybridized carbons (Fsp3) is 0.692. The third-order valence-corrected chi connectivity index (χ3v) is 3.99. The third kappa shape index (κ3) is 3.06. The van der Waals surface area contributed by atoms with E-state index in [4.69, 9.17) is 9.84 Å². The monoisotopic (exact) mass is 284 g/mol. The predicted molar refractivity (Wildman–Crippen MR) is 75.3 cm³/mol. The lowest BCUT2D eigenvalue weighted by molar-refractivity contribution is -0.133. The van der Waals surface area contributed by atoms with Crippen LogP contribution in [0.2, 0.25) is 0 Å². The van der Waals surface area contributed by atoms with E-state index in [-0.39, 0.29) is 16.9 Å². The van der Waals surface area contributed by atoms with Crippen molar-refractivity contribution in [1.29, 1.82) is 0 Å². The molecule has 1 saturated heterocycles. The van der Waals surface area contributed by atoms with Gasteiger partial charge < -0.3 is 14.7 Å². The highest BCUT2D eigenvalue weighted by atomic mass is 32.1. The molecule has 0 aliphatic carbocycles. The van der Waals surface area contributed by atoms with E-state index in [1.54, 1.807) is 6.92 Å². The highest BCUT2D eigenvalue weighted by Gasteiger charge is 2.39. The van der Waals surface area contributed by atoms with Gasteiger partial charge in [0.1, 0.15) is 0 Å². The molecule has 0 saturated carbocycles. The predicted octanol–water partition coefficient (Wildman–Crippen LogP) is 2.54. The summed E-state index contributed by atoms with van der Waals surface area (Å²) in [6.07, 6.45) is 0. The fourth-order valence-corrected chi connectivity index (χ4v) is 3.54. The van der Waals surface area contributed by atoms with Crippen LogP contribution < -0.4 is 4.90 Å². The average molecular weight is 284 g/mol. The normalized spacial score (nSPS) is 21.4. The van der Waals surface area contributed by atoms with Crippen LogP contribution in [0.25, 0.3) is 0 Å². The maximum Gasteiger partial charge on any atom is 0.355 e. The first-order valence-electron chi connectivity index (χ1n) is 6.25. The van der Waals surface area contributed by atoms with Gasteiger partial charge >= 0.3 is 5.97 Å². The van der Waals surface area contributed by atoms with Gasteiger partial charge in [0.05, 0.1) is 11.2 Å². The SMILES string of the molecule is Cc1sc(N2CC(C)(C)OC(C)(C)C2)nc1C(=O)O. The van der Waals surface area contributed by atoms with Crippen LogP contribution >= 0.6 is 11.3 Å². The molecule has 1 aliphatic heterocycles. The smallest absolute Gasteiger partial charge is 0.355 e. The minimum atomic E-state index is -0.966. The topological polar surface area (TPSA) is 62.7 Å². The molecule has 1 aromatic rings. The van der Waals surface area contributed by atoms with Gasteiger partial charge in [0, 0.05) is 18.0 Å². The van der Waals surface area contributed by atoms with Gasteiger partial charge in [0.15, 0.2) is 10.8 Å². The van der Waals surface area contributed by atoms with Crippen LogP contribution in [0.4, 0.5) is 5.13 Å². The van der Waals surface area contributed by atoms with Gasteiger partial charge in [-0.05, 0) is 34.6 Å². The van der Waals surface area contributed by atoms with E-state index in [0.29, 0.717) is 13.1 Å². The molecule has 0 unspecified atom stereocenters. The molecule has 0 radical (unpaired) electrons. The average Bonchev–Trinajstić information content (AvgIpc) is 2.55. The molecule has 106 valence electrons. The summed E-state index contributed by atoms with van der Waals surface area (Å²) in [7, 11) is 0. The van der Waals surface area contributed by atoms with E-state index >= 15 is 0 Å². The number of carboxylic acids is 1. The zero-order chi connectivity index (χ0) is 14.4. The molecule has 6 heteroatoms. The molecule has 2 heterocycles. The third-order valence-electron chi connectivity index (χ3n) is 2.95. The van der Waals surface area contributed by atoms with E-state index in [1.165, 1.54) is 11.3 Å². The quantitative estimate of drug-likeness (QED) is 0.904. The molecule has 2 rings (SSSR count). The van der Waals surface area contributed by atoms with E-state index in [0.717, 1.165) is 10.0 Å². The summed E-state index contributed by atoms with van der Waals surface area (Å²) in [6, 6.07) is 0. The lowest BCUT2D eigenvalue weighted by Crippen LogP contribution is -2.57. The van der Waals surface area contributed by atoms with Crippen molar-refractivity contribution < 1.29 is 14.6 Å². The number of hydrogen-bond donors (Lipinski definition) is 1. The lowest BCUT2D eigenvalue weighted by atomic mass is 9.99. The van der Waals surface area contributed by atoms with Crippen LogP contribution in [0.5, 0.6) is 0 Å². The number of carboxylic acid groups (broad SMARTS) is 1. The second kappa shape index (κ2) is 4.45. The van der Waals surface area contributed by atoms with Crippen LogP contribution in [0.1, 0.15) is 43.1 Å². The molecular formula is C13H20N2O3S. The van der Waals surface area contributed by atoms with E-state index in [9.17, 15) is 4.79 Å². The Balaban J connectivity index is 2.31. The molecule has 1 aromatic heterocycles. The Morgan fingerprint density at radius 2 is 1.84 bits per heavy atom. The number of aromatic nitrogens is 1. The summed E-state index contributed by atoms with van der Waals surface area (Å²) in [4.78, 5) is 18.2. The van der Waals surface area contributed by atoms with Crippen molar-refractivity contribution in [3.63, 3.8) is 0 Å². The van der Waals surface area contributed by atoms with Crippen molar-refractivity contribution >= 4 is 22.4 Å². The second-order valence-corrected chi connectivity index (χ2v) is 7.37. The zero-order valence-corrected chi connectivity index (χ0v) is 12.8. The largest absolute Gasteiger partial charge is 0.476 e. The molecular weight excluding hydrogens is 264 g/mol. The summed E-state index contributed by atoms with van der Waals surface area (Å²) >= 11 is 1.43. The van der Waals surface area contributed by atoms with Gasteiger partial charge in [-0.25, -0.2) is 9.78 Å². The molecule has 1 N–H and O–H groups in total. The Morgan fingerprint density at radius 3 is 2.26 bits per heavy atom. The van der Waals surface area contributed by atoms with Crippen molar-refractivity contribution in [2.75, 3.05) is 18.0 Å².